The van der Waals surface area contributed by atoms with E-state index >= 15 is 0 Å². The first-order chi connectivity index (χ1) is 8.31. The van der Waals surface area contributed by atoms with E-state index in [0.717, 1.165) is 25.1 Å². The van der Waals surface area contributed by atoms with E-state index in [4.69, 9.17) is 4.74 Å². The van der Waals surface area contributed by atoms with Crippen molar-refractivity contribution >= 4 is 18.7 Å². The molecule has 1 saturated heterocycles. The van der Waals surface area contributed by atoms with Crippen molar-refractivity contribution in [2.75, 3.05) is 12.3 Å². The Bertz CT molecular complexity index is 449. The zero-order valence-corrected chi connectivity index (χ0v) is 10.4. The van der Waals surface area contributed by atoms with Gasteiger partial charge in [0.25, 0.3) is 0 Å². The van der Waals surface area contributed by atoms with Crippen LogP contribution in [0.15, 0.2) is 24.3 Å². The summed E-state index contributed by atoms with van der Waals surface area (Å²) in [5, 5.41) is 0. The molecule has 1 aliphatic heterocycles. The lowest BCUT2D eigenvalue weighted by atomic mass is 10.1. The number of hydrogen-bond acceptors (Lipinski definition) is 3. The van der Waals surface area contributed by atoms with Crippen molar-refractivity contribution in [2.45, 2.75) is 25.0 Å². The molecule has 3 nitrogen and oxygen atoms in total. The second-order valence-corrected chi connectivity index (χ2v) is 4.99. The Balaban J connectivity index is 1.90. The van der Waals surface area contributed by atoms with E-state index in [1.54, 1.807) is 0 Å². The zero-order chi connectivity index (χ0) is 11.8. The molecule has 0 aromatic heterocycles. The molecule has 0 unspecified atom stereocenters. The fourth-order valence-corrected chi connectivity index (χ4v) is 2.94. The Morgan fingerprint density at radius 3 is 3.06 bits per heavy atom. The number of carbonyl (C=O) groups is 1. The van der Waals surface area contributed by atoms with Crippen LogP contribution in [0.2, 0.25) is 0 Å². The maximum Gasteiger partial charge on any atom is 0.410 e. The van der Waals surface area contributed by atoms with Gasteiger partial charge < -0.3 is 4.74 Å². The fourth-order valence-electron chi connectivity index (χ4n) is 2.79. The van der Waals surface area contributed by atoms with Gasteiger partial charge in [0.05, 0.1) is 6.04 Å². The predicted octanol–water partition coefficient (Wildman–Crippen LogP) is 2.42. The van der Waals surface area contributed by atoms with E-state index in [2.05, 4.69) is 24.8 Å². The van der Waals surface area contributed by atoms with Crippen molar-refractivity contribution in [1.82, 2.24) is 4.90 Å². The summed E-state index contributed by atoms with van der Waals surface area (Å²) in [7, 11) is 0. The molecule has 1 amide bonds. The van der Waals surface area contributed by atoms with Crippen LogP contribution in [-0.4, -0.2) is 29.4 Å². The van der Waals surface area contributed by atoms with Crippen LogP contribution in [0.4, 0.5) is 4.79 Å². The van der Waals surface area contributed by atoms with E-state index in [9.17, 15) is 4.79 Å². The molecule has 4 heteroatoms. The lowest BCUT2D eigenvalue weighted by molar-refractivity contribution is 0.132. The van der Waals surface area contributed by atoms with Gasteiger partial charge in [0, 0.05) is 13.0 Å². The molecule has 1 aromatic rings. The van der Waals surface area contributed by atoms with Crippen molar-refractivity contribution in [1.29, 1.82) is 0 Å². The quantitative estimate of drug-likeness (QED) is 0.834. The molecule has 2 atom stereocenters. The third kappa shape index (κ3) is 1.71. The summed E-state index contributed by atoms with van der Waals surface area (Å²) in [5.41, 5.74) is 2.56. The lowest BCUT2D eigenvalue weighted by Crippen LogP contribution is -2.29. The van der Waals surface area contributed by atoms with E-state index < -0.39 is 0 Å². The maximum atomic E-state index is 11.8. The highest BCUT2D eigenvalue weighted by Gasteiger charge is 2.46. The highest BCUT2D eigenvalue weighted by atomic mass is 32.1. The average Bonchev–Trinajstić information content (AvgIpc) is 2.82. The standard InChI is InChI=1S/C13H15NO2S/c15-13-14(6-3-7-17)12-10-5-2-1-4-9(10)8-11(12)16-13/h1-2,4-5,11-12,17H,3,6-8H2/t11-,12+/m0/s1. The molecule has 2 aliphatic rings. The van der Waals surface area contributed by atoms with E-state index in [1.165, 1.54) is 11.1 Å². The molecule has 0 spiro atoms. The van der Waals surface area contributed by atoms with Crippen molar-refractivity contribution in [3.63, 3.8) is 0 Å². The Labute approximate surface area is 106 Å². The summed E-state index contributed by atoms with van der Waals surface area (Å²) in [4.78, 5) is 13.6. The number of benzene rings is 1. The molecule has 90 valence electrons. The first-order valence-electron chi connectivity index (χ1n) is 5.97. The minimum atomic E-state index is -0.170. The number of rotatable bonds is 3. The number of thiol groups is 1. The molecule has 1 heterocycles. The number of fused-ring (bicyclic) bond motifs is 3. The fraction of sp³-hybridized carbons (Fsp3) is 0.462. The zero-order valence-electron chi connectivity index (χ0n) is 9.50. The van der Waals surface area contributed by atoms with Crippen LogP contribution < -0.4 is 0 Å². The number of hydrogen-bond donors (Lipinski definition) is 1. The monoisotopic (exact) mass is 249 g/mol. The molecule has 0 saturated carbocycles. The SMILES string of the molecule is O=C1O[C@H]2Cc3ccccc3[C@H]2N1CCCS. The van der Waals surface area contributed by atoms with Crippen LogP contribution in [-0.2, 0) is 11.2 Å². The molecule has 0 bridgehead atoms. The van der Waals surface area contributed by atoms with E-state index in [1.807, 2.05) is 17.0 Å². The van der Waals surface area contributed by atoms with Crippen LogP contribution in [0.5, 0.6) is 0 Å². The molecule has 0 radical (unpaired) electrons. The third-order valence-corrected chi connectivity index (χ3v) is 3.84. The van der Waals surface area contributed by atoms with Crippen molar-refractivity contribution in [3.8, 4) is 0 Å². The Hall–Kier alpha value is -1.16. The Morgan fingerprint density at radius 1 is 1.41 bits per heavy atom. The van der Waals surface area contributed by atoms with Gasteiger partial charge in [-0.1, -0.05) is 24.3 Å². The van der Waals surface area contributed by atoms with Gasteiger partial charge in [-0.05, 0) is 23.3 Å². The molecular formula is C13H15NO2S. The highest BCUT2D eigenvalue weighted by molar-refractivity contribution is 7.80. The molecule has 1 fully saturated rings. The van der Waals surface area contributed by atoms with E-state index in [-0.39, 0.29) is 18.2 Å². The molecular weight excluding hydrogens is 234 g/mol. The second kappa shape index (κ2) is 4.26. The van der Waals surface area contributed by atoms with Crippen LogP contribution in [0.3, 0.4) is 0 Å². The van der Waals surface area contributed by atoms with Gasteiger partial charge in [0.1, 0.15) is 6.10 Å². The summed E-state index contributed by atoms with van der Waals surface area (Å²) >= 11 is 4.20. The molecule has 0 N–H and O–H groups in total. The highest BCUT2D eigenvalue weighted by Crippen LogP contribution is 2.42. The second-order valence-electron chi connectivity index (χ2n) is 4.54. The summed E-state index contributed by atoms with van der Waals surface area (Å²) in [6, 6.07) is 8.42. The molecule has 1 aliphatic carbocycles. The largest absolute Gasteiger partial charge is 0.443 e. The normalized spacial score (nSPS) is 25.7. The summed E-state index contributed by atoms with van der Waals surface area (Å²) in [6.07, 6.45) is 1.60. The van der Waals surface area contributed by atoms with Crippen molar-refractivity contribution < 1.29 is 9.53 Å². The minimum Gasteiger partial charge on any atom is -0.443 e. The first-order valence-corrected chi connectivity index (χ1v) is 6.60. The van der Waals surface area contributed by atoms with Gasteiger partial charge in [-0.3, -0.25) is 4.90 Å². The van der Waals surface area contributed by atoms with Gasteiger partial charge >= 0.3 is 6.09 Å². The summed E-state index contributed by atoms with van der Waals surface area (Å²) in [6.45, 7) is 0.734. The van der Waals surface area contributed by atoms with Crippen molar-refractivity contribution in [2.24, 2.45) is 0 Å². The maximum absolute atomic E-state index is 11.8. The average molecular weight is 249 g/mol. The van der Waals surface area contributed by atoms with Crippen LogP contribution in [0, 0.1) is 0 Å². The number of amides is 1. The molecule has 1 aromatic carbocycles. The molecule has 3 rings (SSSR count). The van der Waals surface area contributed by atoms with E-state index in [0.29, 0.717) is 0 Å². The van der Waals surface area contributed by atoms with Gasteiger partial charge in [0.2, 0.25) is 0 Å². The number of carbonyl (C=O) groups excluding carboxylic acids is 1. The van der Waals surface area contributed by atoms with Crippen LogP contribution in [0.25, 0.3) is 0 Å². The van der Waals surface area contributed by atoms with Gasteiger partial charge in [-0.25, -0.2) is 4.79 Å². The lowest BCUT2D eigenvalue weighted by Gasteiger charge is -2.20. The number of nitrogens with zero attached hydrogens (tertiary/aromatic N) is 1. The minimum absolute atomic E-state index is 0.0137. The Kier molecular flexibility index (Phi) is 2.74. The van der Waals surface area contributed by atoms with Crippen LogP contribution in [0.1, 0.15) is 23.6 Å². The van der Waals surface area contributed by atoms with Crippen LogP contribution >= 0.6 is 12.6 Å². The Morgan fingerprint density at radius 2 is 2.24 bits per heavy atom. The van der Waals surface area contributed by atoms with Gasteiger partial charge in [-0.2, -0.15) is 12.6 Å². The predicted molar refractivity (Wildman–Crippen MR) is 68.3 cm³/mol. The first kappa shape index (κ1) is 11.0. The third-order valence-electron chi connectivity index (χ3n) is 3.53. The molecule has 17 heavy (non-hydrogen) atoms. The van der Waals surface area contributed by atoms with Gasteiger partial charge in [-0.15, -0.1) is 0 Å². The van der Waals surface area contributed by atoms with Gasteiger partial charge in [0.15, 0.2) is 0 Å². The smallest absolute Gasteiger partial charge is 0.410 e. The summed E-state index contributed by atoms with van der Waals surface area (Å²) < 4.78 is 5.44. The summed E-state index contributed by atoms with van der Waals surface area (Å²) in [5.74, 6) is 0.794. The topological polar surface area (TPSA) is 29.5 Å². The van der Waals surface area contributed by atoms with Crippen molar-refractivity contribution in [3.05, 3.63) is 35.4 Å². The number of ether oxygens (including phenoxy) is 1.